The molecule has 1 aliphatic rings. The minimum absolute atomic E-state index is 0.103. The molecule has 2 aromatic rings. The SMILES string of the molecule is O=C(O)N1CCC(Oc2cc(Nc3ccc(I)cc3F)ncn2)CC1. The molecule has 7 nitrogen and oxygen atoms in total. The van der Waals surface area contributed by atoms with E-state index in [-0.39, 0.29) is 11.9 Å². The number of nitrogens with zero attached hydrogens (tertiary/aromatic N) is 3. The van der Waals surface area contributed by atoms with Gasteiger partial charge in [-0.05, 0) is 40.8 Å². The molecule has 0 saturated carbocycles. The highest BCUT2D eigenvalue weighted by Gasteiger charge is 2.23. The molecular weight excluding hydrogens is 442 g/mol. The summed E-state index contributed by atoms with van der Waals surface area (Å²) in [5, 5.41) is 11.9. The van der Waals surface area contributed by atoms with E-state index < -0.39 is 6.09 Å². The molecule has 1 aromatic heterocycles. The number of anilines is 2. The number of amides is 1. The van der Waals surface area contributed by atoms with Gasteiger partial charge in [-0.15, -0.1) is 0 Å². The van der Waals surface area contributed by atoms with Crippen molar-refractivity contribution in [2.45, 2.75) is 18.9 Å². The molecule has 0 aliphatic carbocycles. The molecule has 0 unspecified atom stereocenters. The van der Waals surface area contributed by atoms with Gasteiger partial charge in [0.25, 0.3) is 0 Å². The normalized spacial score (nSPS) is 15.0. The lowest BCUT2D eigenvalue weighted by Crippen LogP contribution is -2.41. The molecule has 9 heteroatoms. The molecule has 1 fully saturated rings. The summed E-state index contributed by atoms with van der Waals surface area (Å²) < 4.78 is 20.5. The van der Waals surface area contributed by atoms with E-state index in [1.54, 1.807) is 18.2 Å². The number of carboxylic acid groups (broad SMARTS) is 1. The van der Waals surface area contributed by atoms with Gasteiger partial charge in [0.15, 0.2) is 0 Å². The summed E-state index contributed by atoms with van der Waals surface area (Å²) in [7, 11) is 0. The largest absolute Gasteiger partial charge is 0.474 e. The maximum Gasteiger partial charge on any atom is 0.407 e. The minimum atomic E-state index is -0.911. The van der Waals surface area contributed by atoms with Crippen molar-refractivity contribution < 1.29 is 19.0 Å². The van der Waals surface area contributed by atoms with Crippen LogP contribution in [0.15, 0.2) is 30.6 Å². The van der Waals surface area contributed by atoms with Gasteiger partial charge >= 0.3 is 6.09 Å². The average molecular weight is 458 g/mol. The van der Waals surface area contributed by atoms with Crippen molar-refractivity contribution in [1.29, 1.82) is 0 Å². The van der Waals surface area contributed by atoms with Crippen LogP contribution >= 0.6 is 22.6 Å². The number of nitrogens with one attached hydrogen (secondary N) is 1. The van der Waals surface area contributed by atoms with Crippen LogP contribution in [0.25, 0.3) is 0 Å². The average Bonchev–Trinajstić information content (AvgIpc) is 2.58. The van der Waals surface area contributed by atoms with E-state index >= 15 is 0 Å². The molecule has 2 N–H and O–H groups in total. The summed E-state index contributed by atoms with van der Waals surface area (Å²) in [6, 6.07) is 6.46. The lowest BCUT2D eigenvalue weighted by atomic mass is 10.1. The highest BCUT2D eigenvalue weighted by Crippen LogP contribution is 2.23. The summed E-state index contributed by atoms with van der Waals surface area (Å²) >= 11 is 2.04. The third-order valence-corrected chi connectivity index (χ3v) is 4.51. The molecule has 3 rings (SSSR count). The lowest BCUT2D eigenvalue weighted by Gasteiger charge is -2.29. The van der Waals surface area contributed by atoms with Gasteiger partial charge in [-0.3, -0.25) is 0 Å². The quantitative estimate of drug-likeness (QED) is 0.683. The van der Waals surface area contributed by atoms with Crippen LogP contribution in [0.3, 0.4) is 0 Å². The number of aromatic nitrogens is 2. The number of likely N-dealkylation sites (tertiary alicyclic amines) is 1. The molecule has 0 radical (unpaired) electrons. The second-order valence-electron chi connectivity index (χ2n) is 5.58. The molecule has 1 aromatic carbocycles. The van der Waals surface area contributed by atoms with Crippen molar-refractivity contribution in [2.75, 3.05) is 18.4 Å². The second kappa shape index (κ2) is 7.81. The Labute approximate surface area is 157 Å². The maximum absolute atomic E-state index is 13.9. The number of ether oxygens (including phenoxy) is 1. The van der Waals surface area contributed by atoms with Crippen LogP contribution in [-0.4, -0.2) is 45.3 Å². The third-order valence-electron chi connectivity index (χ3n) is 3.84. The number of hydrogen-bond acceptors (Lipinski definition) is 5. The Morgan fingerprint density at radius 1 is 1.32 bits per heavy atom. The lowest BCUT2D eigenvalue weighted by molar-refractivity contribution is 0.0870. The highest BCUT2D eigenvalue weighted by atomic mass is 127. The Balaban J connectivity index is 1.63. The van der Waals surface area contributed by atoms with E-state index in [9.17, 15) is 9.18 Å². The predicted molar refractivity (Wildman–Crippen MR) is 97.7 cm³/mol. The molecule has 0 bridgehead atoms. The molecule has 0 atom stereocenters. The standard InChI is InChI=1S/C16H16FIN4O3/c17-12-7-10(18)1-2-13(12)21-14-8-15(20-9-19-14)25-11-3-5-22(6-4-11)16(23)24/h1-2,7-9,11H,3-6H2,(H,23,24)(H,19,20,21). The Hall–Kier alpha value is -2.17. The van der Waals surface area contributed by atoms with Crippen LogP contribution < -0.4 is 10.1 Å². The topological polar surface area (TPSA) is 87.6 Å². The Bertz CT molecular complexity index is 769. The van der Waals surface area contributed by atoms with Gasteiger partial charge in [0.05, 0.1) is 5.69 Å². The van der Waals surface area contributed by atoms with E-state index in [4.69, 9.17) is 9.84 Å². The minimum Gasteiger partial charge on any atom is -0.474 e. The van der Waals surface area contributed by atoms with Gasteiger partial charge in [0.2, 0.25) is 5.88 Å². The zero-order valence-electron chi connectivity index (χ0n) is 13.2. The Morgan fingerprint density at radius 2 is 2.08 bits per heavy atom. The van der Waals surface area contributed by atoms with Crippen molar-refractivity contribution in [3.8, 4) is 5.88 Å². The van der Waals surface area contributed by atoms with E-state index in [2.05, 4.69) is 15.3 Å². The van der Waals surface area contributed by atoms with E-state index in [0.717, 1.165) is 3.57 Å². The van der Waals surface area contributed by atoms with Gasteiger partial charge in [0, 0.05) is 35.6 Å². The van der Waals surface area contributed by atoms with Crippen LogP contribution in [-0.2, 0) is 0 Å². The molecule has 1 saturated heterocycles. The highest BCUT2D eigenvalue weighted by molar-refractivity contribution is 14.1. The van der Waals surface area contributed by atoms with E-state index in [1.807, 2.05) is 22.6 Å². The number of benzene rings is 1. The molecule has 25 heavy (non-hydrogen) atoms. The van der Waals surface area contributed by atoms with Crippen molar-refractivity contribution in [3.05, 3.63) is 40.0 Å². The van der Waals surface area contributed by atoms with Gasteiger partial charge in [-0.2, -0.15) is 0 Å². The molecular formula is C16H16FIN4O3. The van der Waals surface area contributed by atoms with Crippen LogP contribution in [0, 0.1) is 9.39 Å². The Kier molecular flexibility index (Phi) is 5.51. The third kappa shape index (κ3) is 4.68. The summed E-state index contributed by atoms with van der Waals surface area (Å²) in [6.45, 7) is 0.869. The predicted octanol–water partition coefficient (Wildman–Crippen LogP) is 3.49. The van der Waals surface area contributed by atoms with Crippen LogP contribution in [0.2, 0.25) is 0 Å². The summed E-state index contributed by atoms with van der Waals surface area (Å²) in [4.78, 5) is 20.4. The molecule has 132 valence electrons. The van der Waals surface area contributed by atoms with Crippen molar-refractivity contribution in [1.82, 2.24) is 14.9 Å². The van der Waals surface area contributed by atoms with E-state index in [0.29, 0.717) is 43.3 Å². The summed E-state index contributed by atoms with van der Waals surface area (Å²) in [6.07, 6.45) is 1.53. The number of rotatable bonds is 4. The monoisotopic (exact) mass is 458 g/mol. The van der Waals surface area contributed by atoms with Crippen molar-refractivity contribution >= 4 is 40.2 Å². The number of piperidine rings is 1. The van der Waals surface area contributed by atoms with Gasteiger partial charge in [-0.25, -0.2) is 19.2 Å². The molecule has 2 heterocycles. The van der Waals surface area contributed by atoms with Gasteiger partial charge in [-0.1, -0.05) is 0 Å². The van der Waals surface area contributed by atoms with Crippen LogP contribution in [0.5, 0.6) is 5.88 Å². The number of halogens is 2. The molecule has 1 amide bonds. The van der Waals surface area contributed by atoms with Gasteiger partial charge < -0.3 is 20.1 Å². The first-order valence-corrected chi connectivity index (χ1v) is 8.78. The number of carbonyl (C=O) groups is 1. The fraction of sp³-hybridized carbons (Fsp3) is 0.312. The van der Waals surface area contributed by atoms with Crippen LogP contribution in [0.4, 0.5) is 20.7 Å². The fourth-order valence-corrected chi connectivity index (χ4v) is 2.99. The Morgan fingerprint density at radius 3 is 2.76 bits per heavy atom. The van der Waals surface area contributed by atoms with Crippen LogP contribution in [0.1, 0.15) is 12.8 Å². The van der Waals surface area contributed by atoms with Crippen molar-refractivity contribution in [2.24, 2.45) is 0 Å². The molecule has 0 spiro atoms. The first kappa shape index (κ1) is 17.6. The first-order chi connectivity index (χ1) is 12.0. The zero-order valence-corrected chi connectivity index (χ0v) is 15.3. The fourth-order valence-electron chi connectivity index (χ4n) is 2.54. The smallest absolute Gasteiger partial charge is 0.407 e. The van der Waals surface area contributed by atoms with Crippen molar-refractivity contribution in [3.63, 3.8) is 0 Å². The second-order valence-corrected chi connectivity index (χ2v) is 6.82. The first-order valence-electron chi connectivity index (χ1n) is 7.70. The molecule has 1 aliphatic heterocycles. The summed E-state index contributed by atoms with van der Waals surface area (Å²) in [5.74, 6) is 0.430. The maximum atomic E-state index is 13.9. The summed E-state index contributed by atoms with van der Waals surface area (Å²) in [5.41, 5.74) is 0.319. The zero-order chi connectivity index (χ0) is 17.8. The van der Waals surface area contributed by atoms with Gasteiger partial charge in [0.1, 0.15) is 24.1 Å². The van der Waals surface area contributed by atoms with E-state index in [1.165, 1.54) is 17.3 Å². The number of hydrogen-bond donors (Lipinski definition) is 2.